The smallest absolute Gasteiger partial charge is 0.231 e. The van der Waals surface area contributed by atoms with Gasteiger partial charge in [0.15, 0.2) is 11.5 Å². The number of carbonyl (C=O) groups is 1. The van der Waals surface area contributed by atoms with Crippen LogP contribution in [0.25, 0.3) is 0 Å². The molecule has 0 aromatic heterocycles. The minimum atomic E-state index is -0.272. The number of hydrogen-bond donors (Lipinski definition) is 1. The molecular formula is C18H18FNO3. The topological polar surface area (TPSA) is 47.6 Å². The lowest BCUT2D eigenvalue weighted by molar-refractivity contribution is -0.121. The second-order valence-corrected chi connectivity index (χ2v) is 5.42. The van der Waals surface area contributed by atoms with Gasteiger partial charge in [0.2, 0.25) is 12.7 Å². The molecule has 0 saturated carbocycles. The van der Waals surface area contributed by atoms with E-state index < -0.39 is 0 Å². The van der Waals surface area contributed by atoms with Gasteiger partial charge in [0.25, 0.3) is 0 Å². The Bertz CT molecular complexity index is 702. The predicted molar refractivity (Wildman–Crippen MR) is 84.0 cm³/mol. The average Bonchev–Trinajstić information content (AvgIpc) is 3.01. The average molecular weight is 315 g/mol. The van der Waals surface area contributed by atoms with Crippen LogP contribution >= 0.6 is 0 Å². The van der Waals surface area contributed by atoms with Crippen LogP contribution < -0.4 is 14.8 Å². The standard InChI is InChI=1S/C18H18FNO3/c19-15-3-1-2-13(10-15)5-7-18(21)20-9-8-14-4-6-16-17(11-14)23-12-22-16/h1-4,6,10-11H,5,7-9,12H2,(H,20,21). The van der Waals surface area contributed by atoms with E-state index in [1.54, 1.807) is 6.07 Å². The minimum absolute atomic E-state index is 0.0324. The third kappa shape index (κ3) is 4.22. The molecule has 0 unspecified atom stereocenters. The molecule has 3 rings (SSSR count). The van der Waals surface area contributed by atoms with Crippen molar-refractivity contribution in [3.8, 4) is 11.5 Å². The molecule has 2 aromatic rings. The van der Waals surface area contributed by atoms with Crippen molar-refractivity contribution in [2.45, 2.75) is 19.3 Å². The van der Waals surface area contributed by atoms with Gasteiger partial charge in [-0.1, -0.05) is 18.2 Å². The van der Waals surface area contributed by atoms with Gasteiger partial charge in [-0.2, -0.15) is 0 Å². The van der Waals surface area contributed by atoms with E-state index in [9.17, 15) is 9.18 Å². The highest BCUT2D eigenvalue weighted by Crippen LogP contribution is 2.32. The van der Waals surface area contributed by atoms with E-state index in [2.05, 4.69) is 5.32 Å². The van der Waals surface area contributed by atoms with Gasteiger partial charge in [-0.05, 0) is 48.2 Å². The molecule has 1 aliphatic heterocycles. The summed E-state index contributed by atoms with van der Waals surface area (Å²) in [4.78, 5) is 11.8. The van der Waals surface area contributed by atoms with Crippen LogP contribution in [0.4, 0.5) is 4.39 Å². The molecule has 0 radical (unpaired) electrons. The minimum Gasteiger partial charge on any atom is -0.454 e. The van der Waals surface area contributed by atoms with Crippen LogP contribution in [0.15, 0.2) is 42.5 Å². The fraction of sp³-hybridized carbons (Fsp3) is 0.278. The van der Waals surface area contributed by atoms with Crippen molar-refractivity contribution in [2.75, 3.05) is 13.3 Å². The molecule has 1 aliphatic rings. The Morgan fingerprint density at radius 2 is 1.87 bits per heavy atom. The van der Waals surface area contributed by atoms with E-state index in [0.717, 1.165) is 29.0 Å². The van der Waals surface area contributed by atoms with E-state index in [-0.39, 0.29) is 18.5 Å². The van der Waals surface area contributed by atoms with Crippen molar-refractivity contribution >= 4 is 5.91 Å². The summed E-state index contributed by atoms with van der Waals surface area (Å²) in [7, 11) is 0. The predicted octanol–water partition coefficient (Wildman–Crippen LogP) is 2.85. The van der Waals surface area contributed by atoms with E-state index in [1.165, 1.54) is 12.1 Å². The van der Waals surface area contributed by atoms with Crippen molar-refractivity contribution in [1.82, 2.24) is 5.32 Å². The Kier molecular flexibility index (Phi) is 4.76. The van der Waals surface area contributed by atoms with Crippen LogP contribution in [-0.4, -0.2) is 19.2 Å². The summed E-state index contributed by atoms with van der Waals surface area (Å²) in [5, 5.41) is 2.88. The SMILES string of the molecule is O=C(CCc1cccc(F)c1)NCCc1ccc2c(c1)OCO2. The Hall–Kier alpha value is -2.56. The van der Waals surface area contributed by atoms with Crippen molar-refractivity contribution in [2.24, 2.45) is 0 Å². The first-order valence-electron chi connectivity index (χ1n) is 7.60. The van der Waals surface area contributed by atoms with Gasteiger partial charge in [-0.3, -0.25) is 4.79 Å². The molecule has 2 aromatic carbocycles. The highest BCUT2D eigenvalue weighted by atomic mass is 19.1. The van der Waals surface area contributed by atoms with Gasteiger partial charge in [0, 0.05) is 13.0 Å². The van der Waals surface area contributed by atoms with Crippen LogP contribution in [0.5, 0.6) is 11.5 Å². The van der Waals surface area contributed by atoms with Gasteiger partial charge in [-0.15, -0.1) is 0 Å². The summed E-state index contributed by atoms with van der Waals surface area (Å²) in [5.41, 5.74) is 1.91. The molecule has 0 spiro atoms. The van der Waals surface area contributed by atoms with E-state index in [1.807, 2.05) is 24.3 Å². The Morgan fingerprint density at radius 1 is 1.04 bits per heavy atom. The molecule has 0 atom stereocenters. The lowest BCUT2D eigenvalue weighted by Gasteiger charge is -2.06. The maximum absolute atomic E-state index is 13.1. The number of ether oxygens (including phenoxy) is 2. The summed E-state index contributed by atoms with van der Waals surface area (Å²) < 4.78 is 23.6. The molecule has 23 heavy (non-hydrogen) atoms. The van der Waals surface area contributed by atoms with Crippen LogP contribution in [0.1, 0.15) is 17.5 Å². The van der Waals surface area contributed by atoms with Gasteiger partial charge in [0.1, 0.15) is 5.82 Å². The molecule has 1 heterocycles. The third-order valence-electron chi connectivity index (χ3n) is 3.70. The molecular weight excluding hydrogens is 297 g/mol. The first-order chi connectivity index (χ1) is 11.2. The molecule has 0 bridgehead atoms. The van der Waals surface area contributed by atoms with Crippen LogP contribution in [0.2, 0.25) is 0 Å². The largest absolute Gasteiger partial charge is 0.454 e. The van der Waals surface area contributed by atoms with Gasteiger partial charge < -0.3 is 14.8 Å². The Labute approximate surface area is 134 Å². The van der Waals surface area contributed by atoms with Gasteiger partial charge in [0.05, 0.1) is 0 Å². The van der Waals surface area contributed by atoms with Crippen LogP contribution in [0, 0.1) is 5.82 Å². The van der Waals surface area contributed by atoms with Gasteiger partial charge >= 0.3 is 0 Å². The third-order valence-corrected chi connectivity index (χ3v) is 3.70. The Balaban J connectivity index is 1.41. The highest BCUT2D eigenvalue weighted by Gasteiger charge is 2.13. The lowest BCUT2D eigenvalue weighted by Crippen LogP contribution is -2.25. The zero-order valence-electron chi connectivity index (χ0n) is 12.7. The lowest BCUT2D eigenvalue weighted by atomic mass is 10.1. The van der Waals surface area contributed by atoms with Crippen molar-refractivity contribution in [3.63, 3.8) is 0 Å². The normalized spacial score (nSPS) is 12.2. The molecule has 0 fully saturated rings. The van der Waals surface area contributed by atoms with E-state index in [4.69, 9.17) is 9.47 Å². The fourth-order valence-corrected chi connectivity index (χ4v) is 2.48. The summed E-state index contributed by atoms with van der Waals surface area (Å²) in [6.07, 6.45) is 1.61. The quantitative estimate of drug-likeness (QED) is 0.892. The van der Waals surface area contributed by atoms with Gasteiger partial charge in [-0.25, -0.2) is 4.39 Å². The number of nitrogens with one attached hydrogen (secondary N) is 1. The van der Waals surface area contributed by atoms with E-state index >= 15 is 0 Å². The Morgan fingerprint density at radius 3 is 2.74 bits per heavy atom. The van der Waals surface area contributed by atoms with Crippen molar-refractivity contribution in [3.05, 3.63) is 59.4 Å². The fourth-order valence-electron chi connectivity index (χ4n) is 2.48. The number of amides is 1. The second-order valence-electron chi connectivity index (χ2n) is 5.42. The number of benzene rings is 2. The highest BCUT2D eigenvalue weighted by molar-refractivity contribution is 5.76. The van der Waals surface area contributed by atoms with Crippen LogP contribution in [-0.2, 0) is 17.6 Å². The first-order valence-corrected chi connectivity index (χ1v) is 7.60. The summed E-state index contributed by atoms with van der Waals surface area (Å²) in [6, 6.07) is 12.1. The number of rotatable bonds is 6. The number of halogens is 1. The molecule has 5 heteroatoms. The first kappa shape index (κ1) is 15.3. The van der Waals surface area contributed by atoms with Crippen molar-refractivity contribution < 1.29 is 18.7 Å². The van der Waals surface area contributed by atoms with Crippen molar-refractivity contribution in [1.29, 1.82) is 0 Å². The number of hydrogen-bond acceptors (Lipinski definition) is 3. The van der Waals surface area contributed by atoms with E-state index in [0.29, 0.717) is 19.4 Å². The number of carbonyl (C=O) groups excluding carboxylic acids is 1. The molecule has 1 N–H and O–H groups in total. The summed E-state index contributed by atoms with van der Waals surface area (Å²) in [6.45, 7) is 0.817. The zero-order valence-corrected chi connectivity index (χ0v) is 12.7. The number of aryl methyl sites for hydroxylation is 1. The summed E-state index contributed by atoms with van der Waals surface area (Å²) in [5.74, 6) is 1.20. The number of fused-ring (bicyclic) bond motifs is 1. The second kappa shape index (κ2) is 7.13. The summed E-state index contributed by atoms with van der Waals surface area (Å²) >= 11 is 0. The molecule has 0 saturated heterocycles. The monoisotopic (exact) mass is 315 g/mol. The zero-order chi connectivity index (χ0) is 16.1. The maximum atomic E-state index is 13.1. The molecule has 0 aliphatic carbocycles. The molecule has 1 amide bonds. The molecule has 4 nitrogen and oxygen atoms in total. The maximum Gasteiger partial charge on any atom is 0.231 e. The molecule has 120 valence electrons. The van der Waals surface area contributed by atoms with Crippen LogP contribution in [0.3, 0.4) is 0 Å².